The Morgan fingerprint density at radius 3 is 1.54 bits per heavy atom. The van der Waals surface area contributed by atoms with Crippen LogP contribution < -0.4 is 0 Å². The van der Waals surface area contributed by atoms with Gasteiger partial charge in [-0.15, -0.1) is 0 Å². The Morgan fingerprint density at radius 1 is 0.654 bits per heavy atom. The van der Waals surface area contributed by atoms with Crippen LogP contribution >= 0.6 is 0 Å². The zero-order chi connectivity index (χ0) is 20.3. The quantitative estimate of drug-likeness (QED) is 0.526. The maximum atomic E-state index is 6.44. The molecule has 5 atom stereocenters. The molecule has 1 unspecified atom stereocenters. The molecule has 1 fully saturated rings. The van der Waals surface area contributed by atoms with Crippen LogP contribution in [0.3, 0.4) is 0 Å². The molecule has 0 aromatic rings. The van der Waals surface area contributed by atoms with E-state index in [1.54, 1.807) is 14.2 Å². The van der Waals surface area contributed by atoms with Gasteiger partial charge in [-0.3, -0.25) is 0 Å². The first-order chi connectivity index (χ1) is 11.7. The standard InChI is InChI=1S/C17H40O6Si3/c1-18-14-13(12-20-24(3,4)5)21-17(23-26(9,10)11)16(15(14)19-2)22-25(6,7)8/h13-17H,12H2,1-11H3/t13-,14+,15+,16-,17?/m1/s1. The fraction of sp³-hybridized carbons (Fsp3) is 1.00. The van der Waals surface area contributed by atoms with Gasteiger partial charge in [0, 0.05) is 14.2 Å². The van der Waals surface area contributed by atoms with E-state index in [1.165, 1.54) is 0 Å². The monoisotopic (exact) mass is 424 g/mol. The molecular formula is C17H40O6Si3. The average Bonchev–Trinajstić information content (AvgIpc) is 2.42. The van der Waals surface area contributed by atoms with Crippen LogP contribution in [0, 0.1) is 0 Å². The minimum atomic E-state index is -1.84. The van der Waals surface area contributed by atoms with Crippen molar-refractivity contribution in [1.29, 1.82) is 0 Å². The van der Waals surface area contributed by atoms with Crippen molar-refractivity contribution in [1.82, 2.24) is 0 Å². The Kier molecular flexibility index (Phi) is 8.72. The maximum Gasteiger partial charge on any atom is 0.187 e. The number of hydrogen-bond acceptors (Lipinski definition) is 6. The smallest absolute Gasteiger partial charge is 0.187 e. The van der Waals surface area contributed by atoms with Gasteiger partial charge in [-0.05, 0) is 58.9 Å². The Labute approximate surface area is 163 Å². The summed E-state index contributed by atoms with van der Waals surface area (Å²) in [6, 6.07) is 0. The molecule has 1 aliphatic rings. The summed E-state index contributed by atoms with van der Waals surface area (Å²) in [6.45, 7) is 19.9. The highest BCUT2D eigenvalue weighted by Gasteiger charge is 2.50. The molecular weight excluding hydrogens is 384 g/mol. The van der Waals surface area contributed by atoms with E-state index in [1.807, 2.05) is 0 Å². The van der Waals surface area contributed by atoms with Crippen LogP contribution in [-0.2, 0) is 27.5 Å². The molecule has 1 rings (SSSR count). The summed E-state index contributed by atoms with van der Waals surface area (Å²) in [7, 11) is -1.97. The number of ether oxygens (including phenoxy) is 3. The minimum Gasteiger partial charge on any atom is -0.415 e. The lowest BCUT2D eigenvalue weighted by molar-refractivity contribution is -0.283. The Balaban J connectivity index is 3.11. The molecule has 0 aromatic carbocycles. The van der Waals surface area contributed by atoms with Crippen LogP contribution in [0.1, 0.15) is 0 Å². The van der Waals surface area contributed by atoms with Gasteiger partial charge in [0.1, 0.15) is 24.4 Å². The molecule has 0 spiro atoms. The van der Waals surface area contributed by atoms with Gasteiger partial charge >= 0.3 is 0 Å². The Bertz CT molecular complexity index is 430. The average molecular weight is 425 g/mol. The van der Waals surface area contributed by atoms with Gasteiger partial charge in [0.05, 0.1) is 6.61 Å². The van der Waals surface area contributed by atoms with Crippen molar-refractivity contribution in [2.45, 2.75) is 89.6 Å². The molecule has 0 N–H and O–H groups in total. The van der Waals surface area contributed by atoms with Crippen molar-refractivity contribution >= 4 is 25.0 Å². The second-order valence-electron chi connectivity index (χ2n) is 9.79. The minimum absolute atomic E-state index is 0.250. The predicted molar refractivity (Wildman–Crippen MR) is 112 cm³/mol. The van der Waals surface area contributed by atoms with Crippen LogP contribution in [0.15, 0.2) is 0 Å². The number of hydrogen-bond donors (Lipinski definition) is 0. The van der Waals surface area contributed by atoms with E-state index in [-0.39, 0.29) is 24.4 Å². The largest absolute Gasteiger partial charge is 0.415 e. The van der Waals surface area contributed by atoms with Gasteiger partial charge in [0.25, 0.3) is 0 Å². The van der Waals surface area contributed by atoms with E-state index in [0.717, 1.165) is 0 Å². The Morgan fingerprint density at radius 2 is 1.15 bits per heavy atom. The highest BCUT2D eigenvalue weighted by atomic mass is 28.4. The summed E-state index contributed by atoms with van der Waals surface area (Å²) in [5.41, 5.74) is 0. The van der Waals surface area contributed by atoms with E-state index in [4.69, 9.17) is 27.5 Å². The van der Waals surface area contributed by atoms with E-state index >= 15 is 0 Å². The van der Waals surface area contributed by atoms with E-state index in [9.17, 15) is 0 Å². The Hall–Kier alpha value is 0.411. The third-order valence-electron chi connectivity index (χ3n) is 3.78. The molecule has 0 amide bonds. The molecule has 156 valence electrons. The first-order valence-electron chi connectivity index (χ1n) is 9.37. The van der Waals surface area contributed by atoms with Crippen molar-refractivity contribution in [3.63, 3.8) is 0 Å². The number of rotatable bonds is 9. The van der Waals surface area contributed by atoms with E-state index < -0.39 is 31.2 Å². The van der Waals surface area contributed by atoms with Crippen molar-refractivity contribution in [3.8, 4) is 0 Å². The van der Waals surface area contributed by atoms with Gasteiger partial charge < -0.3 is 27.5 Å². The van der Waals surface area contributed by atoms with Crippen LogP contribution in [-0.4, -0.2) is 76.5 Å². The zero-order valence-corrected chi connectivity index (χ0v) is 21.5. The molecule has 0 bridgehead atoms. The maximum absolute atomic E-state index is 6.44. The van der Waals surface area contributed by atoms with Gasteiger partial charge in [0.15, 0.2) is 31.2 Å². The topological polar surface area (TPSA) is 55.4 Å². The second-order valence-corrected chi connectivity index (χ2v) is 23.2. The summed E-state index contributed by atoms with van der Waals surface area (Å²) >= 11 is 0. The third kappa shape index (κ3) is 8.19. The molecule has 6 nitrogen and oxygen atoms in total. The summed E-state index contributed by atoms with van der Waals surface area (Å²) in [5, 5.41) is 0. The molecule has 0 aliphatic carbocycles. The normalized spacial score (nSPS) is 31.3. The first-order valence-corrected chi connectivity index (χ1v) is 19.6. The number of methoxy groups -OCH3 is 2. The van der Waals surface area contributed by atoms with Gasteiger partial charge in [-0.2, -0.15) is 0 Å². The summed E-state index contributed by atoms with van der Waals surface area (Å²) in [5.74, 6) is 0. The van der Waals surface area contributed by atoms with Crippen molar-refractivity contribution in [3.05, 3.63) is 0 Å². The molecule has 0 saturated carbocycles. The molecule has 1 aliphatic heterocycles. The van der Waals surface area contributed by atoms with Crippen LogP contribution in [0.25, 0.3) is 0 Å². The SMILES string of the molecule is CO[C@@H]1[C@H](OC)[C@@H](O[Si](C)(C)C)C(O[Si](C)(C)C)O[C@@H]1CO[Si](C)(C)C. The van der Waals surface area contributed by atoms with E-state index in [0.29, 0.717) is 6.61 Å². The summed E-state index contributed by atoms with van der Waals surface area (Å²) in [4.78, 5) is 0. The zero-order valence-electron chi connectivity index (χ0n) is 18.5. The molecule has 26 heavy (non-hydrogen) atoms. The van der Waals surface area contributed by atoms with Gasteiger partial charge in [-0.1, -0.05) is 0 Å². The van der Waals surface area contributed by atoms with Crippen molar-refractivity contribution < 1.29 is 27.5 Å². The molecule has 9 heteroatoms. The summed E-state index contributed by atoms with van der Waals surface area (Å²) in [6.07, 6.45) is -1.57. The molecule has 1 heterocycles. The van der Waals surface area contributed by atoms with Gasteiger partial charge in [0.2, 0.25) is 0 Å². The highest BCUT2D eigenvalue weighted by Crippen LogP contribution is 2.32. The first kappa shape index (κ1) is 24.4. The van der Waals surface area contributed by atoms with Crippen molar-refractivity contribution in [2.75, 3.05) is 20.8 Å². The van der Waals surface area contributed by atoms with E-state index in [2.05, 4.69) is 58.9 Å². The highest BCUT2D eigenvalue weighted by molar-refractivity contribution is 6.70. The second kappa shape index (κ2) is 9.27. The lowest BCUT2D eigenvalue weighted by Gasteiger charge is -2.48. The van der Waals surface area contributed by atoms with Crippen molar-refractivity contribution in [2.24, 2.45) is 0 Å². The van der Waals surface area contributed by atoms with Crippen LogP contribution in [0.2, 0.25) is 58.9 Å². The molecule has 1 saturated heterocycles. The lowest BCUT2D eigenvalue weighted by Crippen LogP contribution is -2.64. The molecule has 0 radical (unpaired) electrons. The lowest BCUT2D eigenvalue weighted by atomic mass is 9.99. The van der Waals surface area contributed by atoms with Crippen LogP contribution in [0.4, 0.5) is 0 Å². The predicted octanol–water partition coefficient (Wildman–Crippen LogP) is 3.66. The molecule has 0 aromatic heterocycles. The summed E-state index contributed by atoms with van der Waals surface area (Å²) < 4.78 is 36.9. The third-order valence-corrected chi connectivity index (χ3v) is 6.73. The van der Waals surface area contributed by atoms with Crippen LogP contribution in [0.5, 0.6) is 0 Å². The fourth-order valence-corrected chi connectivity index (χ4v) is 5.49. The fourth-order valence-electron chi connectivity index (χ4n) is 2.88. The van der Waals surface area contributed by atoms with Gasteiger partial charge in [-0.25, -0.2) is 0 Å².